The molecule has 6 nitrogen and oxygen atoms in total. The molecule has 3 rings (SSSR count). The fourth-order valence-electron chi connectivity index (χ4n) is 3.13. The summed E-state index contributed by atoms with van der Waals surface area (Å²) < 4.78 is 0. The number of amides is 2. The van der Waals surface area contributed by atoms with Crippen molar-refractivity contribution in [3.05, 3.63) is 74.2 Å². The first-order valence-electron chi connectivity index (χ1n) is 8.82. The molecule has 0 radical (unpaired) electrons. The molecule has 0 bridgehead atoms. The van der Waals surface area contributed by atoms with Crippen LogP contribution in [0.15, 0.2) is 47.4 Å². The summed E-state index contributed by atoms with van der Waals surface area (Å²) in [6.45, 7) is 7.71. The third-order valence-corrected chi connectivity index (χ3v) is 5.44. The lowest BCUT2D eigenvalue weighted by Gasteiger charge is -2.18. The topological polar surface area (TPSA) is 80.5 Å². The van der Waals surface area contributed by atoms with Crippen LogP contribution in [0.2, 0.25) is 0 Å². The summed E-state index contributed by atoms with van der Waals surface area (Å²) in [7, 11) is 0. The summed E-state index contributed by atoms with van der Waals surface area (Å²) in [5.41, 5.74) is 3.16. The van der Waals surface area contributed by atoms with Crippen molar-refractivity contribution in [1.82, 2.24) is 0 Å². The molecule has 2 amide bonds. The number of nitro benzene ring substituents is 1. The lowest BCUT2D eigenvalue weighted by molar-refractivity contribution is -0.384. The molecule has 0 N–H and O–H groups in total. The van der Waals surface area contributed by atoms with Gasteiger partial charge in [-0.2, -0.15) is 0 Å². The Labute approximate surface area is 167 Å². The Balaban J connectivity index is 2.11. The number of nitrogens with zero attached hydrogens (tertiary/aromatic N) is 2. The van der Waals surface area contributed by atoms with Crippen molar-refractivity contribution in [3.8, 4) is 0 Å². The van der Waals surface area contributed by atoms with Gasteiger partial charge in [0, 0.05) is 17.4 Å². The summed E-state index contributed by atoms with van der Waals surface area (Å²) >= 11 is 1.33. The van der Waals surface area contributed by atoms with Gasteiger partial charge in [0.05, 0.1) is 21.1 Å². The van der Waals surface area contributed by atoms with E-state index < -0.39 is 10.8 Å². The fourth-order valence-corrected chi connectivity index (χ4v) is 4.12. The predicted octanol–water partition coefficient (Wildman–Crippen LogP) is 4.64. The zero-order chi connectivity index (χ0) is 20.6. The van der Waals surface area contributed by atoms with E-state index in [1.807, 2.05) is 39.8 Å². The highest BCUT2D eigenvalue weighted by atomic mass is 32.2. The first-order valence-corrected chi connectivity index (χ1v) is 9.70. The molecule has 0 atom stereocenters. The minimum absolute atomic E-state index is 0.0644. The molecule has 1 aliphatic rings. The Morgan fingerprint density at radius 3 is 2.18 bits per heavy atom. The van der Waals surface area contributed by atoms with Crippen LogP contribution < -0.4 is 4.90 Å². The van der Waals surface area contributed by atoms with Gasteiger partial charge in [-0.3, -0.25) is 19.7 Å². The Morgan fingerprint density at radius 1 is 1.00 bits per heavy atom. The van der Waals surface area contributed by atoms with Gasteiger partial charge >= 0.3 is 0 Å². The molecule has 0 aliphatic carbocycles. The molecule has 144 valence electrons. The van der Waals surface area contributed by atoms with Crippen molar-refractivity contribution < 1.29 is 14.5 Å². The van der Waals surface area contributed by atoms with Gasteiger partial charge in [-0.25, -0.2) is 4.90 Å². The van der Waals surface area contributed by atoms with Crippen LogP contribution in [0, 0.1) is 24.0 Å². The number of hydrogen-bond acceptors (Lipinski definition) is 5. The van der Waals surface area contributed by atoms with Crippen molar-refractivity contribution in [2.24, 2.45) is 0 Å². The van der Waals surface area contributed by atoms with Gasteiger partial charge in [0.1, 0.15) is 0 Å². The molecule has 2 aromatic rings. The van der Waals surface area contributed by atoms with Crippen molar-refractivity contribution in [1.29, 1.82) is 0 Å². The van der Waals surface area contributed by atoms with Gasteiger partial charge in [-0.05, 0) is 43.2 Å². The maximum atomic E-state index is 13.3. The van der Waals surface area contributed by atoms with Crippen LogP contribution in [0.5, 0.6) is 0 Å². The van der Waals surface area contributed by atoms with Crippen LogP contribution in [-0.2, 0) is 9.59 Å². The Morgan fingerprint density at radius 2 is 1.64 bits per heavy atom. The van der Waals surface area contributed by atoms with E-state index in [0.717, 1.165) is 11.1 Å². The van der Waals surface area contributed by atoms with Crippen LogP contribution in [0.4, 0.5) is 11.4 Å². The van der Waals surface area contributed by atoms with Gasteiger partial charge in [0.2, 0.25) is 0 Å². The fraction of sp³-hybridized carbons (Fsp3) is 0.238. The second-order valence-corrected chi connectivity index (χ2v) is 8.50. The largest absolute Gasteiger partial charge is 0.272 e. The maximum absolute atomic E-state index is 13.3. The molecule has 0 saturated heterocycles. The van der Waals surface area contributed by atoms with E-state index in [-0.39, 0.29) is 16.8 Å². The zero-order valence-electron chi connectivity index (χ0n) is 16.1. The average molecular weight is 396 g/mol. The molecular formula is C21H20N2O4S. The molecule has 1 aliphatic heterocycles. The Bertz CT molecular complexity index is 1010. The molecule has 0 aromatic heterocycles. The highest BCUT2D eigenvalue weighted by Crippen LogP contribution is 2.41. The predicted molar refractivity (Wildman–Crippen MR) is 111 cm³/mol. The molecule has 7 heteroatoms. The first-order chi connectivity index (χ1) is 13.2. The molecule has 2 aromatic carbocycles. The summed E-state index contributed by atoms with van der Waals surface area (Å²) in [6.07, 6.45) is 0. The highest BCUT2D eigenvalue weighted by molar-refractivity contribution is 8.04. The number of thioether (sulfide) groups is 1. The van der Waals surface area contributed by atoms with Gasteiger partial charge in [-0.1, -0.05) is 31.5 Å². The highest BCUT2D eigenvalue weighted by Gasteiger charge is 2.41. The standard InChI is InChI=1S/C21H20N2O4S/c1-12(2)28-19-18(15-6-8-16(9-7-15)23(26)27)20(24)22(21(19)25)17-10-5-13(3)11-14(17)4/h5-12H,1-4H3. The van der Waals surface area contributed by atoms with Crippen LogP contribution in [0.1, 0.15) is 30.5 Å². The molecular weight excluding hydrogens is 376 g/mol. The Kier molecular flexibility index (Phi) is 5.38. The molecule has 0 unspecified atom stereocenters. The summed E-state index contributed by atoms with van der Waals surface area (Å²) in [5, 5.41) is 11.0. The van der Waals surface area contributed by atoms with E-state index in [9.17, 15) is 19.7 Å². The van der Waals surface area contributed by atoms with E-state index in [4.69, 9.17) is 0 Å². The summed E-state index contributed by atoms with van der Waals surface area (Å²) in [4.78, 5) is 38.4. The summed E-state index contributed by atoms with van der Waals surface area (Å²) in [5.74, 6) is -0.766. The van der Waals surface area contributed by atoms with Crippen molar-refractivity contribution in [3.63, 3.8) is 0 Å². The number of non-ortho nitro benzene ring substituents is 1. The van der Waals surface area contributed by atoms with Crippen molar-refractivity contribution in [2.75, 3.05) is 4.90 Å². The second kappa shape index (κ2) is 7.59. The molecule has 28 heavy (non-hydrogen) atoms. The average Bonchev–Trinajstić information content (AvgIpc) is 2.85. The van der Waals surface area contributed by atoms with E-state index in [1.54, 1.807) is 6.07 Å². The van der Waals surface area contributed by atoms with Gasteiger partial charge < -0.3 is 0 Å². The van der Waals surface area contributed by atoms with Crippen molar-refractivity contribution >= 4 is 40.5 Å². The third-order valence-electron chi connectivity index (χ3n) is 4.35. The smallest absolute Gasteiger partial charge is 0.268 e. The SMILES string of the molecule is Cc1ccc(N2C(=O)C(SC(C)C)=C(c3ccc([N+](=O)[O-])cc3)C2=O)c(C)c1. The van der Waals surface area contributed by atoms with E-state index >= 15 is 0 Å². The lowest BCUT2D eigenvalue weighted by Crippen LogP contribution is -2.32. The zero-order valence-corrected chi connectivity index (χ0v) is 16.9. The minimum Gasteiger partial charge on any atom is -0.268 e. The normalized spacial score (nSPS) is 14.4. The number of rotatable bonds is 5. The quantitative estimate of drug-likeness (QED) is 0.418. The maximum Gasteiger partial charge on any atom is 0.272 e. The van der Waals surface area contributed by atoms with Gasteiger partial charge in [0.25, 0.3) is 17.5 Å². The van der Waals surface area contributed by atoms with E-state index in [1.165, 1.54) is 40.9 Å². The second-order valence-electron chi connectivity index (χ2n) is 6.91. The minimum atomic E-state index is -0.495. The number of carbonyl (C=O) groups excluding carboxylic acids is 2. The summed E-state index contributed by atoms with van der Waals surface area (Å²) in [6, 6.07) is 11.3. The molecule has 0 saturated carbocycles. The van der Waals surface area contributed by atoms with Gasteiger partial charge in [0.15, 0.2) is 0 Å². The number of anilines is 1. The molecule has 0 spiro atoms. The lowest BCUT2D eigenvalue weighted by atomic mass is 10.1. The van der Waals surface area contributed by atoms with Crippen LogP contribution in [-0.4, -0.2) is 22.0 Å². The number of nitro groups is 1. The number of carbonyl (C=O) groups is 2. The third kappa shape index (κ3) is 3.57. The number of hydrogen-bond donors (Lipinski definition) is 0. The van der Waals surface area contributed by atoms with Gasteiger partial charge in [-0.15, -0.1) is 11.8 Å². The molecule has 1 heterocycles. The van der Waals surface area contributed by atoms with E-state index in [0.29, 0.717) is 21.7 Å². The van der Waals surface area contributed by atoms with E-state index in [2.05, 4.69) is 0 Å². The number of imide groups is 1. The number of benzene rings is 2. The van der Waals surface area contributed by atoms with Crippen LogP contribution in [0.25, 0.3) is 5.57 Å². The van der Waals surface area contributed by atoms with Crippen LogP contribution >= 0.6 is 11.8 Å². The molecule has 0 fully saturated rings. The number of aryl methyl sites for hydroxylation is 2. The van der Waals surface area contributed by atoms with Crippen LogP contribution in [0.3, 0.4) is 0 Å². The monoisotopic (exact) mass is 396 g/mol. The van der Waals surface area contributed by atoms with Crippen molar-refractivity contribution in [2.45, 2.75) is 32.9 Å². The Hall–Kier alpha value is -2.93. The first kappa shape index (κ1) is 19.8.